The van der Waals surface area contributed by atoms with Crippen molar-refractivity contribution in [3.05, 3.63) is 18.2 Å². The second-order valence-corrected chi connectivity index (χ2v) is 4.69. The molecule has 0 aliphatic carbocycles. The maximum atomic E-state index is 5.85. The molecule has 1 aromatic heterocycles. The van der Waals surface area contributed by atoms with Gasteiger partial charge in [-0.25, -0.2) is 4.68 Å². The molecule has 6 heteroatoms. The Kier molecular flexibility index (Phi) is 3.04. The molecule has 1 aliphatic rings. The van der Waals surface area contributed by atoms with Crippen molar-refractivity contribution >= 4 is 22.4 Å². The standard InChI is InChI=1S/C13H18N4O2/c1-18-13(19-2)11-5-6-15-12-9-7-8(14)3-4-10(9)16-17(11)12/h3-4,7,11,13,15H,5-6,14H2,1-2H3. The quantitative estimate of drug-likeness (QED) is 0.649. The number of hydrogen-bond donors (Lipinski definition) is 2. The number of methoxy groups -OCH3 is 2. The average Bonchev–Trinajstić information content (AvgIpc) is 2.79. The van der Waals surface area contributed by atoms with Crippen molar-refractivity contribution in [1.82, 2.24) is 9.78 Å². The van der Waals surface area contributed by atoms with Gasteiger partial charge in [-0.15, -0.1) is 0 Å². The lowest BCUT2D eigenvalue weighted by molar-refractivity contribution is -0.135. The Morgan fingerprint density at radius 1 is 1.42 bits per heavy atom. The van der Waals surface area contributed by atoms with Crippen LogP contribution in [0.5, 0.6) is 0 Å². The van der Waals surface area contributed by atoms with Gasteiger partial charge in [0.25, 0.3) is 0 Å². The second kappa shape index (κ2) is 4.71. The molecule has 0 bridgehead atoms. The van der Waals surface area contributed by atoms with Gasteiger partial charge in [-0.05, 0) is 24.6 Å². The minimum atomic E-state index is -0.299. The van der Waals surface area contributed by atoms with Crippen molar-refractivity contribution < 1.29 is 9.47 Å². The molecular formula is C13H18N4O2. The number of nitrogen functional groups attached to an aromatic ring is 1. The minimum Gasteiger partial charge on any atom is -0.399 e. The number of benzene rings is 1. The van der Waals surface area contributed by atoms with Gasteiger partial charge in [-0.2, -0.15) is 5.10 Å². The molecule has 0 amide bonds. The number of aromatic nitrogens is 2. The number of nitrogens with one attached hydrogen (secondary N) is 1. The molecule has 1 atom stereocenters. The largest absolute Gasteiger partial charge is 0.399 e. The molecule has 2 heterocycles. The van der Waals surface area contributed by atoms with E-state index in [2.05, 4.69) is 10.4 Å². The van der Waals surface area contributed by atoms with E-state index in [9.17, 15) is 0 Å². The molecule has 0 saturated carbocycles. The number of rotatable bonds is 3. The summed E-state index contributed by atoms with van der Waals surface area (Å²) < 4.78 is 12.7. The van der Waals surface area contributed by atoms with Gasteiger partial charge in [-0.1, -0.05) is 0 Å². The van der Waals surface area contributed by atoms with Crippen LogP contribution in [0.15, 0.2) is 18.2 Å². The van der Waals surface area contributed by atoms with Gasteiger partial charge < -0.3 is 20.5 Å². The fourth-order valence-electron chi connectivity index (χ4n) is 2.66. The normalized spacial score (nSPS) is 18.6. The van der Waals surface area contributed by atoms with Gasteiger partial charge in [0.2, 0.25) is 0 Å². The molecule has 0 fully saturated rings. The highest BCUT2D eigenvalue weighted by Gasteiger charge is 2.30. The van der Waals surface area contributed by atoms with Crippen LogP contribution in [0.4, 0.5) is 11.5 Å². The van der Waals surface area contributed by atoms with Gasteiger partial charge >= 0.3 is 0 Å². The minimum absolute atomic E-state index is 0.0693. The van der Waals surface area contributed by atoms with Crippen molar-refractivity contribution in [1.29, 1.82) is 0 Å². The van der Waals surface area contributed by atoms with Crippen molar-refractivity contribution in [2.75, 3.05) is 31.8 Å². The first-order valence-electron chi connectivity index (χ1n) is 6.32. The monoisotopic (exact) mass is 262 g/mol. The number of hydrogen-bond acceptors (Lipinski definition) is 5. The first-order chi connectivity index (χ1) is 9.24. The number of fused-ring (bicyclic) bond motifs is 3. The van der Waals surface area contributed by atoms with Crippen LogP contribution in [0.3, 0.4) is 0 Å². The van der Waals surface area contributed by atoms with E-state index in [1.54, 1.807) is 14.2 Å². The van der Waals surface area contributed by atoms with Crippen LogP contribution in [-0.2, 0) is 9.47 Å². The summed E-state index contributed by atoms with van der Waals surface area (Å²) in [6.45, 7) is 0.865. The van der Waals surface area contributed by atoms with E-state index >= 15 is 0 Å². The van der Waals surface area contributed by atoms with E-state index in [1.165, 1.54) is 0 Å². The summed E-state index contributed by atoms with van der Waals surface area (Å²) in [6.07, 6.45) is 0.607. The Morgan fingerprint density at radius 3 is 2.95 bits per heavy atom. The van der Waals surface area contributed by atoms with E-state index < -0.39 is 0 Å². The van der Waals surface area contributed by atoms with E-state index in [-0.39, 0.29) is 12.3 Å². The lowest BCUT2D eigenvalue weighted by atomic mass is 10.1. The highest BCUT2D eigenvalue weighted by Crippen LogP contribution is 2.34. The maximum Gasteiger partial charge on any atom is 0.179 e. The first kappa shape index (κ1) is 12.3. The SMILES string of the molecule is COC(OC)C1CCNc2c3cc(N)ccc3nn21. The smallest absolute Gasteiger partial charge is 0.179 e. The summed E-state index contributed by atoms with van der Waals surface area (Å²) in [7, 11) is 3.30. The topological polar surface area (TPSA) is 74.3 Å². The maximum absolute atomic E-state index is 5.85. The summed E-state index contributed by atoms with van der Waals surface area (Å²) >= 11 is 0. The molecule has 0 saturated heterocycles. The Hall–Kier alpha value is -1.79. The predicted molar refractivity (Wildman–Crippen MR) is 74.1 cm³/mol. The molecule has 0 spiro atoms. The lowest BCUT2D eigenvalue weighted by Crippen LogP contribution is -2.34. The third-order valence-electron chi connectivity index (χ3n) is 3.55. The Morgan fingerprint density at radius 2 is 2.21 bits per heavy atom. The predicted octanol–water partition coefficient (Wildman–Crippen LogP) is 1.59. The van der Waals surface area contributed by atoms with Gasteiger partial charge in [-0.3, -0.25) is 0 Å². The van der Waals surface area contributed by atoms with Gasteiger partial charge in [0, 0.05) is 31.8 Å². The highest BCUT2D eigenvalue weighted by molar-refractivity contribution is 5.92. The van der Waals surface area contributed by atoms with Crippen LogP contribution < -0.4 is 11.1 Å². The second-order valence-electron chi connectivity index (χ2n) is 4.69. The fourth-order valence-corrected chi connectivity index (χ4v) is 2.66. The molecule has 2 aromatic rings. The summed E-state index contributed by atoms with van der Waals surface area (Å²) in [5.74, 6) is 0.984. The Bertz CT molecular complexity index is 592. The molecule has 1 aliphatic heterocycles. The molecule has 102 valence electrons. The first-order valence-corrected chi connectivity index (χ1v) is 6.32. The van der Waals surface area contributed by atoms with Crippen LogP contribution in [0, 0.1) is 0 Å². The zero-order valence-electron chi connectivity index (χ0n) is 11.1. The summed E-state index contributed by atoms with van der Waals surface area (Å²) in [4.78, 5) is 0. The molecule has 3 N–H and O–H groups in total. The zero-order valence-corrected chi connectivity index (χ0v) is 11.1. The van der Waals surface area contributed by atoms with Gasteiger partial charge in [0.1, 0.15) is 11.9 Å². The van der Waals surface area contributed by atoms with E-state index in [4.69, 9.17) is 15.2 Å². The summed E-state index contributed by atoms with van der Waals surface area (Å²) in [5, 5.41) is 9.05. The van der Waals surface area contributed by atoms with Crippen molar-refractivity contribution in [3.8, 4) is 0 Å². The number of nitrogens with zero attached hydrogens (tertiary/aromatic N) is 2. The van der Waals surface area contributed by atoms with Gasteiger partial charge in [0.05, 0.1) is 5.52 Å². The molecular weight excluding hydrogens is 244 g/mol. The Balaban J connectivity index is 2.12. The number of anilines is 2. The molecule has 6 nitrogen and oxygen atoms in total. The lowest BCUT2D eigenvalue weighted by Gasteiger charge is -2.30. The van der Waals surface area contributed by atoms with Gasteiger partial charge in [0.15, 0.2) is 6.29 Å². The van der Waals surface area contributed by atoms with Crippen LogP contribution >= 0.6 is 0 Å². The van der Waals surface area contributed by atoms with Crippen molar-refractivity contribution in [2.24, 2.45) is 0 Å². The fraction of sp³-hybridized carbons (Fsp3) is 0.462. The zero-order chi connectivity index (χ0) is 13.4. The highest BCUT2D eigenvalue weighted by atomic mass is 16.7. The molecule has 19 heavy (non-hydrogen) atoms. The summed E-state index contributed by atoms with van der Waals surface area (Å²) in [6, 6.07) is 5.81. The van der Waals surface area contributed by atoms with E-state index in [0.29, 0.717) is 0 Å². The van der Waals surface area contributed by atoms with Crippen molar-refractivity contribution in [3.63, 3.8) is 0 Å². The molecule has 0 radical (unpaired) electrons. The molecule has 1 aromatic carbocycles. The van der Waals surface area contributed by atoms with Crippen LogP contribution in [0.2, 0.25) is 0 Å². The summed E-state index contributed by atoms with van der Waals surface area (Å²) in [5.41, 5.74) is 7.51. The van der Waals surface area contributed by atoms with Crippen LogP contribution in [0.25, 0.3) is 10.9 Å². The van der Waals surface area contributed by atoms with Crippen LogP contribution in [-0.4, -0.2) is 36.8 Å². The van der Waals surface area contributed by atoms with E-state index in [1.807, 2.05) is 22.9 Å². The van der Waals surface area contributed by atoms with Crippen molar-refractivity contribution in [2.45, 2.75) is 18.8 Å². The van der Waals surface area contributed by atoms with E-state index in [0.717, 1.165) is 35.4 Å². The number of nitrogens with two attached hydrogens (primary N) is 1. The van der Waals surface area contributed by atoms with Crippen LogP contribution in [0.1, 0.15) is 12.5 Å². The number of ether oxygens (including phenoxy) is 2. The third-order valence-corrected chi connectivity index (χ3v) is 3.55. The average molecular weight is 262 g/mol. The molecule has 1 unspecified atom stereocenters. The Labute approximate surface area is 111 Å². The third kappa shape index (κ3) is 1.93. The molecule has 3 rings (SSSR count).